The fraction of sp³-hybridized carbons (Fsp3) is 0.588. The molecule has 0 bridgehead atoms. The van der Waals surface area contributed by atoms with Gasteiger partial charge in [0.1, 0.15) is 5.75 Å². The lowest BCUT2D eigenvalue weighted by molar-refractivity contribution is -0.121. The van der Waals surface area contributed by atoms with Crippen LogP contribution in [-0.4, -0.2) is 40.8 Å². The number of anilines is 1. The van der Waals surface area contributed by atoms with E-state index in [1.807, 2.05) is 0 Å². The molecule has 25 heavy (non-hydrogen) atoms. The molecule has 1 N–H and O–H groups in total. The third kappa shape index (κ3) is 7.52. The van der Waals surface area contributed by atoms with Gasteiger partial charge in [-0.05, 0) is 37.0 Å². The Balaban J connectivity index is 2.67. The first-order chi connectivity index (χ1) is 11.6. The minimum atomic E-state index is -3.48. The molecular weight excluding hydrogens is 364 g/mol. The van der Waals surface area contributed by atoms with Crippen LogP contribution in [-0.2, 0) is 14.8 Å². The summed E-state index contributed by atoms with van der Waals surface area (Å²) in [6, 6.07) is 4.80. The van der Waals surface area contributed by atoms with Crippen molar-refractivity contribution in [2.75, 3.05) is 30.8 Å². The molecule has 0 aliphatic heterocycles. The number of hydrogen-bond donors (Lipinski definition) is 1. The zero-order valence-electron chi connectivity index (χ0n) is 15.2. The first-order valence-electron chi connectivity index (χ1n) is 8.23. The number of methoxy groups -OCH3 is 1. The average molecular weight is 391 g/mol. The van der Waals surface area contributed by atoms with E-state index >= 15 is 0 Å². The van der Waals surface area contributed by atoms with Crippen LogP contribution in [0.5, 0.6) is 5.75 Å². The van der Waals surface area contributed by atoms with E-state index in [-0.39, 0.29) is 18.9 Å². The second-order valence-electron chi connectivity index (χ2n) is 6.29. The standard InChI is InChI=1S/C17H27ClN2O4S/c1-13(2)9-10-19-17(21)6-5-11-20(25(4,22)23)14-7-8-16(24-3)15(18)12-14/h7-8,12-13H,5-6,9-11H2,1-4H3,(H,19,21). The number of benzene rings is 1. The van der Waals surface area contributed by atoms with Crippen LogP contribution >= 0.6 is 11.6 Å². The number of rotatable bonds is 10. The molecule has 0 fully saturated rings. The topological polar surface area (TPSA) is 75.7 Å². The number of ether oxygens (including phenoxy) is 1. The first-order valence-corrected chi connectivity index (χ1v) is 10.5. The van der Waals surface area contributed by atoms with E-state index in [0.717, 1.165) is 12.7 Å². The van der Waals surface area contributed by atoms with Crippen LogP contribution in [0.25, 0.3) is 0 Å². The molecule has 142 valence electrons. The van der Waals surface area contributed by atoms with Crippen LogP contribution < -0.4 is 14.4 Å². The van der Waals surface area contributed by atoms with Crippen molar-refractivity contribution in [2.45, 2.75) is 33.1 Å². The number of carbonyl (C=O) groups excluding carboxylic acids is 1. The number of carbonyl (C=O) groups is 1. The summed E-state index contributed by atoms with van der Waals surface area (Å²) in [4.78, 5) is 11.8. The van der Waals surface area contributed by atoms with Crippen LogP contribution in [0.2, 0.25) is 5.02 Å². The molecule has 6 nitrogen and oxygen atoms in total. The summed E-state index contributed by atoms with van der Waals surface area (Å²) in [5.74, 6) is 0.936. The summed E-state index contributed by atoms with van der Waals surface area (Å²) in [6.07, 6.45) is 2.75. The SMILES string of the molecule is COc1ccc(N(CCCC(=O)NCCC(C)C)S(C)(=O)=O)cc1Cl. The molecule has 0 unspecified atom stereocenters. The maximum atomic E-state index is 12.1. The Labute approximate surface area is 155 Å². The van der Waals surface area contributed by atoms with E-state index in [2.05, 4.69) is 19.2 Å². The van der Waals surface area contributed by atoms with Crippen LogP contribution in [0.15, 0.2) is 18.2 Å². The van der Waals surface area contributed by atoms with Crippen molar-refractivity contribution in [3.8, 4) is 5.75 Å². The summed E-state index contributed by atoms with van der Waals surface area (Å²) < 4.78 is 30.5. The van der Waals surface area contributed by atoms with Gasteiger partial charge < -0.3 is 10.1 Å². The second kappa shape index (κ2) is 9.87. The number of hydrogen-bond acceptors (Lipinski definition) is 4. The number of nitrogens with zero attached hydrogens (tertiary/aromatic N) is 1. The molecule has 1 aromatic rings. The highest BCUT2D eigenvalue weighted by Gasteiger charge is 2.18. The van der Waals surface area contributed by atoms with Gasteiger partial charge in [0, 0.05) is 19.5 Å². The van der Waals surface area contributed by atoms with Gasteiger partial charge in [-0.2, -0.15) is 0 Å². The number of nitrogens with one attached hydrogen (secondary N) is 1. The zero-order chi connectivity index (χ0) is 19.0. The molecule has 1 aromatic carbocycles. The van der Waals surface area contributed by atoms with E-state index in [0.29, 0.717) is 35.3 Å². The third-order valence-corrected chi connectivity index (χ3v) is 5.12. The number of halogens is 1. The molecule has 0 atom stereocenters. The zero-order valence-corrected chi connectivity index (χ0v) is 16.8. The molecular formula is C17H27ClN2O4S. The van der Waals surface area contributed by atoms with Gasteiger partial charge >= 0.3 is 0 Å². The molecule has 0 saturated carbocycles. The Morgan fingerprint density at radius 1 is 1.36 bits per heavy atom. The van der Waals surface area contributed by atoms with Crippen LogP contribution in [0, 0.1) is 5.92 Å². The van der Waals surface area contributed by atoms with E-state index in [9.17, 15) is 13.2 Å². The van der Waals surface area contributed by atoms with E-state index in [1.165, 1.54) is 11.4 Å². The quantitative estimate of drug-likeness (QED) is 0.666. The molecule has 1 rings (SSSR count). The first kappa shape index (κ1) is 21.6. The van der Waals surface area contributed by atoms with Crippen molar-refractivity contribution in [1.82, 2.24) is 5.32 Å². The summed E-state index contributed by atoms with van der Waals surface area (Å²) in [7, 11) is -1.99. The number of amides is 1. The molecule has 0 spiro atoms. The Morgan fingerprint density at radius 2 is 2.04 bits per heavy atom. The van der Waals surface area contributed by atoms with Crippen molar-refractivity contribution >= 4 is 33.2 Å². The molecule has 1 amide bonds. The lowest BCUT2D eigenvalue weighted by Gasteiger charge is -2.23. The molecule has 0 heterocycles. The van der Waals surface area contributed by atoms with Crippen molar-refractivity contribution in [1.29, 1.82) is 0 Å². The predicted molar refractivity (Wildman–Crippen MR) is 102 cm³/mol. The summed E-state index contributed by atoms with van der Waals surface area (Å²) >= 11 is 6.08. The fourth-order valence-corrected chi connectivity index (χ4v) is 3.48. The average Bonchev–Trinajstić information content (AvgIpc) is 2.50. The van der Waals surface area contributed by atoms with Gasteiger partial charge in [-0.1, -0.05) is 25.4 Å². The fourth-order valence-electron chi connectivity index (χ4n) is 2.27. The maximum Gasteiger partial charge on any atom is 0.232 e. The summed E-state index contributed by atoms with van der Waals surface area (Å²) in [6.45, 7) is 5.03. The van der Waals surface area contributed by atoms with Crippen molar-refractivity contribution in [3.63, 3.8) is 0 Å². The molecule has 0 aliphatic rings. The smallest absolute Gasteiger partial charge is 0.232 e. The minimum Gasteiger partial charge on any atom is -0.495 e. The lowest BCUT2D eigenvalue weighted by Crippen LogP contribution is -2.32. The second-order valence-corrected chi connectivity index (χ2v) is 8.60. The normalized spacial score (nSPS) is 11.4. The largest absolute Gasteiger partial charge is 0.495 e. The van der Waals surface area contributed by atoms with Gasteiger partial charge in [0.15, 0.2) is 0 Å². The predicted octanol–water partition coefficient (Wildman–Crippen LogP) is 3.06. The van der Waals surface area contributed by atoms with Gasteiger partial charge in [0.25, 0.3) is 0 Å². The van der Waals surface area contributed by atoms with Gasteiger partial charge in [0.05, 0.1) is 24.1 Å². The van der Waals surface area contributed by atoms with Gasteiger partial charge in [-0.25, -0.2) is 8.42 Å². The van der Waals surface area contributed by atoms with Gasteiger partial charge in [0.2, 0.25) is 15.9 Å². The van der Waals surface area contributed by atoms with Crippen molar-refractivity contribution in [2.24, 2.45) is 5.92 Å². The van der Waals surface area contributed by atoms with Crippen molar-refractivity contribution < 1.29 is 17.9 Å². The van der Waals surface area contributed by atoms with Crippen molar-refractivity contribution in [3.05, 3.63) is 23.2 Å². The Bertz CT molecular complexity index is 677. The maximum absolute atomic E-state index is 12.1. The molecule has 0 aromatic heterocycles. The van der Waals surface area contributed by atoms with Crippen LogP contribution in [0.4, 0.5) is 5.69 Å². The van der Waals surface area contributed by atoms with Crippen LogP contribution in [0.3, 0.4) is 0 Å². The molecule has 0 saturated heterocycles. The summed E-state index contributed by atoms with van der Waals surface area (Å²) in [5, 5.41) is 3.18. The van der Waals surface area contributed by atoms with Crippen LogP contribution in [0.1, 0.15) is 33.1 Å². The monoisotopic (exact) mass is 390 g/mol. The summed E-state index contributed by atoms with van der Waals surface area (Å²) in [5.41, 5.74) is 0.452. The Kier molecular flexibility index (Phi) is 8.52. The van der Waals surface area contributed by atoms with Gasteiger partial charge in [-0.15, -0.1) is 0 Å². The Morgan fingerprint density at radius 3 is 2.56 bits per heavy atom. The minimum absolute atomic E-state index is 0.0677. The molecule has 8 heteroatoms. The molecule has 0 radical (unpaired) electrons. The highest BCUT2D eigenvalue weighted by molar-refractivity contribution is 7.92. The van der Waals surface area contributed by atoms with Gasteiger partial charge in [-0.3, -0.25) is 9.10 Å². The highest BCUT2D eigenvalue weighted by Crippen LogP contribution is 2.30. The number of sulfonamides is 1. The lowest BCUT2D eigenvalue weighted by atomic mass is 10.1. The van der Waals surface area contributed by atoms with E-state index in [4.69, 9.17) is 16.3 Å². The van der Waals surface area contributed by atoms with E-state index in [1.54, 1.807) is 18.2 Å². The Hall–Kier alpha value is -1.47. The highest BCUT2D eigenvalue weighted by atomic mass is 35.5. The van der Waals surface area contributed by atoms with E-state index < -0.39 is 10.0 Å². The third-order valence-electron chi connectivity index (χ3n) is 3.63. The molecule has 0 aliphatic carbocycles.